The number of nitrogens with one attached hydrogen (secondary N) is 2. The van der Waals surface area contributed by atoms with E-state index >= 15 is 0 Å². The Kier molecular flexibility index (Phi) is 3.62. The summed E-state index contributed by atoms with van der Waals surface area (Å²) in [5.41, 5.74) is 2.81. The van der Waals surface area contributed by atoms with Crippen LogP contribution < -0.4 is 10.1 Å². The number of hydrogen-bond donors (Lipinski definition) is 2. The molecule has 0 saturated heterocycles. The predicted molar refractivity (Wildman–Crippen MR) is 84.7 cm³/mol. The van der Waals surface area contributed by atoms with Crippen molar-refractivity contribution in [3.63, 3.8) is 0 Å². The van der Waals surface area contributed by atoms with Gasteiger partial charge in [0.1, 0.15) is 5.75 Å². The maximum atomic E-state index is 12.3. The third-order valence-electron chi connectivity index (χ3n) is 3.09. The molecule has 21 heavy (non-hydrogen) atoms. The highest BCUT2D eigenvalue weighted by Crippen LogP contribution is 2.28. The average Bonchev–Trinajstić information content (AvgIpc) is 2.94. The Balaban J connectivity index is 1.90. The van der Waals surface area contributed by atoms with Crippen LogP contribution in [0.5, 0.6) is 5.75 Å². The van der Waals surface area contributed by atoms with Crippen LogP contribution >= 0.6 is 15.9 Å². The molecule has 0 aliphatic heterocycles. The van der Waals surface area contributed by atoms with Gasteiger partial charge in [-0.3, -0.25) is 4.79 Å². The van der Waals surface area contributed by atoms with Crippen LogP contribution in [0.1, 0.15) is 10.4 Å². The van der Waals surface area contributed by atoms with Crippen molar-refractivity contribution in [3.8, 4) is 5.75 Å². The van der Waals surface area contributed by atoms with E-state index in [-0.39, 0.29) is 5.91 Å². The monoisotopic (exact) mass is 345 g/mol. The van der Waals surface area contributed by atoms with Gasteiger partial charge in [-0.25, -0.2) is 4.98 Å². The molecule has 0 fully saturated rings. The van der Waals surface area contributed by atoms with Gasteiger partial charge in [0, 0.05) is 10.0 Å². The second-order valence-corrected chi connectivity index (χ2v) is 5.35. The number of amides is 1. The molecule has 1 aromatic heterocycles. The third-order valence-corrected chi connectivity index (χ3v) is 3.59. The summed E-state index contributed by atoms with van der Waals surface area (Å²) in [5, 5.41) is 2.85. The Bertz CT molecular complexity index is 814. The topological polar surface area (TPSA) is 67.0 Å². The first kappa shape index (κ1) is 13.6. The normalized spacial score (nSPS) is 10.6. The maximum Gasteiger partial charge on any atom is 0.255 e. The van der Waals surface area contributed by atoms with Crippen LogP contribution in [0, 0.1) is 0 Å². The van der Waals surface area contributed by atoms with E-state index in [2.05, 4.69) is 31.2 Å². The highest BCUT2D eigenvalue weighted by Gasteiger charge is 2.11. The molecule has 3 rings (SSSR count). The minimum Gasteiger partial charge on any atom is -0.495 e. The first-order chi connectivity index (χ1) is 10.2. The fraction of sp³-hybridized carbons (Fsp3) is 0.0667. The lowest BCUT2D eigenvalue weighted by molar-refractivity contribution is 0.102. The molecule has 0 atom stereocenters. The second kappa shape index (κ2) is 5.57. The van der Waals surface area contributed by atoms with Crippen LogP contribution in [0.25, 0.3) is 11.0 Å². The van der Waals surface area contributed by atoms with Crippen molar-refractivity contribution in [1.82, 2.24) is 9.97 Å². The predicted octanol–water partition coefficient (Wildman–Crippen LogP) is 3.59. The molecule has 0 unspecified atom stereocenters. The molecule has 6 heteroatoms. The van der Waals surface area contributed by atoms with E-state index in [0.717, 1.165) is 15.5 Å². The van der Waals surface area contributed by atoms with E-state index in [1.807, 2.05) is 6.07 Å². The number of rotatable bonds is 3. The molecular weight excluding hydrogens is 334 g/mol. The van der Waals surface area contributed by atoms with Gasteiger partial charge in [-0.15, -0.1) is 0 Å². The van der Waals surface area contributed by atoms with E-state index < -0.39 is 0 Å². The minimum absolute atomic E-state index is 0.206. The van der Waals surface area contributed by atoms with Crippen molar-refractivity contribution < 1.29 is 9.53 Å². The number of fused-ring (bicyclic) bond motifs is 1. The Morgan fingerprint density at radius 1 is 1.29 bits per heavy atom. The van der Waals surface area contributed by atoms with E-state index in [0.29, 0.717) is 17.0 Å². The molecule has 0 bridgehead atoms. The van der Waals surface area contributed by atoms with Crippen LogP contribution in [-0.4, -0.2) is 23.0 Å². The Morgan fingerprint density at radius 2 is 2.14 bits per heavy atom. The number of aromatic amines is 1. The van der Waals surface area contributed by atoms with E-state index in [4.69, 9.17) is 4.74 Å². The van der Waals surface area contributed by atoms with Gasteiger partial charge in [-0.2, -0.15) is 0 Å². The summed E-state index contributed by atoms with van der Waals surface area (Å²) in [6, 6.07) is 10.7. The zero-order valence-corrected chi connectivity index (χ0v) is 12.8. The van der Waals surface area contributed by atoms with E-state index in [1.54, 1.807) is 43.8 Å². The summed E-state index contributed by atoms with van der Waals surface area (Å²) in [6.07, 6.45) is 1.60. The lowest BCUT2D eigenvalue weighted by Gasteiger charge is -2.10. The molecule has 2 N–H and O–H groups in total. The molecule has 0 aliphatic rings. The van der Waals surface area contributed by atoms with Gasteiger partial charge in [0.15, 0.2) is 0 Å². The highest BCUT2D eigenvalue weighted by molar-refractivity contribution is 9.10. The zero-order chi connectivity index (χ0) is 14.8. The average molecular weight is 346 g/mol. The third kappa shape index (κ3) is 2.75. The van der Waals surface area contributed by atoms with E-state index in [9.17, 15) is 4.79 Å². The number of methoxy groups -OCH3 is 1. The number of ether oxygens (including phenoxy) is 1. The number of imidazole rings is 1. The van der Waals surface area contributed by atoms with Crippen molar-refractivity contribution in [2.45, 2.75) is 0 Å². The van der Waals surface area contributed by atoms with Crippen LogP contribution in [-0.2, 0) is 0 Å². The Morgan fingerprint density at radius 3 is 2.95 bits per heavy atom. The number of carbonyl (C=O) groups is 1. The summed E-state index contributed by atoms with van der Waals surface area (Å²) in [6.45, 7) is 0. The van der Waals surface area contributed by atoms with E-state index in [1.165, 1.54) is 0 Å². The molecule has 5 nitrogen and oxygen atoms in total. The second-order valence-electron chi connectivity index (χ2n) is 4.43. The molecule has 0 saturated carbocycles. The smallest absolute Gasteiger partial charge is 0.255 e. The molecule has 2 aromatic carbocycles. The number of aromatic nitrogens is 2. The van der Waals surface area contributed by atoms with Gasteiger partial charge in [0.05, 0.1) is 30.2 Å². The largest absolute Gasteiger partial charge is 0.495 e. The van der Waals surface area contributed by atoms with Gasteiger partial charge < -0.3 is 15.0 Å². The molecule has 0 radical (unpaired) electrons. The number of anilines is 1. The van der Waals surface area contributed by atoms with Crippen molar-refractivity contribution in [1.29, 1.82) is 0 Å². The quantitative estimate of drug-likeness (QED) is 0.762. The standard InChI is InChI=1S/C15H12BrN3O2/c1-21-14-5-3-10(16)7-13(14)19-15(20)9-2-4-11-12(6-9)18-8-17-11/h2-8H,1H3,(H,17,18)(H,19,20). The van der Waals surface area contributed by atoms with Crippen molar-refractivity contribution in [2.24, 2.45) is 0 Å². The summed E-state index contributed by atoms with van der Waals surface area (Å²) < 4.78 is 6.11. The maximum absolute atomic E-state index is 12.3. The first-order valence-electron chi connectivity index (χ1n) is 6.25. The molecule has 106 valence electrons. The Hall–Kier alpha value is -2.34. The number of benzene rings is 2. The lowest BCUT2D eigenvalue weighted by Crippen LogP contribution is -2.12. The fourth-order valence-corrected chi connectivity index (χ4v) is 2.41. The molecule has 0 aliphatic carbocycles. The number of nitrogens with zero attached hydrogens (tertiary/aromatic N) is 1. The SMILES string of the molecule is COc1ccc(Br)cc1NC(=O)c1ccc2nc[nH]c2c1. The highest BCUT2D eigenvalue weighted by atomic mass is 79.9. The van der Waals surface area contributed by atoms with Crippen LogP contribution in [0.4, 0.5) is 5.69 Å². The van der Waals surface area contributed by atoms with Gasteiger partial charge in [0.2, 0.25) is 0 Å². The van der Waals surface area contributed by atoms with Gasteiger partial charge in [-0.05, 0) is 36.4 Å². The molecule has 1 amide bonds. The van der Waals surface area contributed by atoms with Crippen molar-refractivity contribution >= 4 is 38.6 Å². The van der Waals surface area contributed by atoms with Gasteiger partial charge in [-0.1, -0.05) is 15.9 Å². The molecule has 1 heterocycles. The number of hydrogen-bond acceptors (Lipinski definition) is 3. The molecule has 0 spiro atoms. The number of H-pyrrole nitrogens is 1. The van der Waals surface area contributed by atoms with Crippen molar-refractivity contribution in [3.05, 3.63) is 52.8 Å². The van der Waals surface area contributed by atoms with Crippen LogP contribution in [0.3, 0.4) is 0 Å². The summed E-state index contributed by atoms with van der Waals surface area (Å²) in [7, 11) is 1.57. The Labute approximate surface area is 129 Å². The van der Waals surface area contributed by atoms with Crippen LogP contribution in [0.2, 0.25) is 0 Å². The number of carbonyl (C=O) groups excluding carboxylic acids is 1. The zero-order valence-electron chi connectivity index (χ0n) is 11.2. The fourth-order valence-electron chi connectivity index (χ4n) is 2.05. The van der Waals surface area contributed by atoms with Gasteiger partial charge >= 0.3 is 0 Å². The molecule has 3 aromatic rings. The molecular formula is C15H12BrN3O2. The van der Waals surface area contributed by atoms with Crippen molar-refractivity contribution in [2.75, 3.05) is 12.4 Å². The number of halogens is 1. The minimum atomic E-state index is -0.206. The van der Waals surface area contributed by atoms with Crippen LogP contribution in [0.15, 0.2) is 47.2 Å². The summed E-state index contributed by atoms with van der Waals surface area (Å²) >= 11 is 3.38. The van der Waals surface area contributed by atoms with Gasteiger partial charge in [0.25, 0.3) is 5.91 Å². The lowest BCUT2D eigenvalue weighted by atomic mass is 10.2. The first-order valence-corrected chi connectivity index (χ1v) is 7.05. The summed E-state index contributed by atoms with van der Waals surface area (Å²) in [4.78, 5) is 19.5. The summed E-state index contributed by atoms with van der Waals surface area (Å²) in [5.74, 6) is 0.400.